The van der Waals surface area contributed by atoms with Crippen molar-refractivity contribution in [1.82, 2.24) is 10.2 Å². The van der Waals surface area contributed by atoms with E-state index in [9.17, 15) is 19.8 Å². The van der Waals surface area contributed by atoms with Gasteiger partial charge in [-0.2, -0.15) is 0 Å². The number of benzene rings is 4. The van der Waals surface area contributed by atoms with Crippen molar-refractivity contribution in [3.63, 3.8) is 0 Å². The SMILES string of the molecule is COc1ccc(CN(CC2(O)CCC3c4ccc(cc4C(=O)c4ccccc4)CC(O)CCC(C)=CCCC32C)C(=O)NC(C)c2ccccc2)c(OC)c1. The second-order valence-electron chi connectivity index (χ2n) is 15.8. The molecule has 8 nitrogen and oxygen atoms in total. The minimum Gasteiger partial charge on any atom is -0.497 e. The van der Waals surface area contributed by atoms with Crippen LogP contribution in [0.15, 0.2) is 109 Å². The number of hydrogen-bond donors (Lipinski definition) is 3. The molecule has 0 spiro atoms. The molecule has 0 saturated heterocycles. The third-order valence-corrected chi connectivity index (χ3v) is 12.2. The number of methoxy groups -OCH3 is 2. The number of amides is 2. The number of rotatable bonds is 10. The standard InChI is InChI=1S/C47H56N2O6/c1-32-13-12-25-46(3)42(40-23-19-34(27-38(50)21-18-32)28-41(40)44(51)36-16-10-7-11-17-36)24-26-47(46,53)31-49(30-37-20-22-39(54-4)29-43(37)55-5)45(52)48-33(2)35-14-8-6-9-15-35/h6-11,13-17,19-20,22-23,28-29,33,38,42,50,53H,12,18,21,24-27,30-31H2,1-5H3,(H,48,52). The second kappa shape index (κ2) is 17.3. The van der Waals surface area contributed by atoms with Gasteiger partial charge in [-0.25, -0.2) is 4.79 Å². The number of ether oxygens (including phenoxy) is 2. The summed E-state index contributed by atoms with van der Waals surface area (Å²) >= 11 is 0. The van der Waals surface area contributed by atoms with Crippen LogP contribution in [0, 0.1) is 5.41 Å². The van der Waals surface area contributed by atoms with E-state index in [-0.39, 0.29) is 36.9 Å². The molecular weight excluding hydrogens is 689 g/mol. The van der Waals surface area contributed by atoms with Gasteiger partial charge in [0.2, 0.25) is 0 Å². The molecule has 0 aromatic heterocycles. The van der Waals surface area contributed by atoms with Gasteiger partial charge in [0, 0.05) is 28.2 Å². The van der Waals surface area contributed by atoms with E-state index in [0.29, 0.717) is 61.2 Å². The maximum Gasteiger partial charge on any atom is 0.318 e. The Morgan fingerprint density at radius 1 is 0.927 bits per heavy atom. The Hall–Kier alpha value is -4.92. The molecule has 3 aliphatic rings. The zero-order valence-electron chi connectivity index (χ0n) is 32.9. The van der Waals surface area contributed by atoms with Gasteiger partial charge in [-0.3, -0.25) is 4.79 Å². The summed E-state index contributed by atoms with van der Waals surface area (Å²) in [6, 6.07) is 30.2. The molecule has 55 heavy (non-hydrogen) atoms. The van der Waals surface area contributed by atoms with Gasteiger partial charge in [-0.05, 0) is 99.6 Å². The lowest BCUT2D eigenvalue weighted by Gasteiger charge is -2.46. The van der Waals surface area contributed by atoms with Crippen LogP contribution in [-0.2, 0) is 13.0 Å². The van der Waals surface area contributed by atoms with Crippen molar-refractivity contribution in [2.75, 3.05) is 20.8 Å². The van der Waals surface area contributed by atoms with Crippen molar-refractivity contribution in [2.24, 2.45) is 5.41 Å². The zero-order valence-corrected chi connectivity index (χ0v) is 32.9. The number of ketones is 1. The monoisotopic (exact) mass is 744 g/mol. The quantitative estimate of drug-likeness (QED) is 0.111. The highest BCUT2D eigenvalue weighted by atomic mass is 16.5. The van der Waals surface area contributed by atoms with Crippen LogP contribution in [0.2, 0.25) is 0 Å². The fourth-order valence-electron chi connectivity index (χ4n) is 8.75. The molecule has 2 bridgehead atoms. The Morgan fingerprint density at radius 2 is 1.65 bits per heavy atom. The molecule has 0 radical (unpaired) electrons. The third-order valence-electron chi connectivity index (χ3n) is 12.2. The Kier molecular flexibility index (Phi) is 12.5. The normalized spacial score (nSPS) is 23.1. The molecule has 8 heteroatoms. The first kappa shape index (κ1) is 39.8. The maximum absolute atomic E-state index is 14.5. The van der Waals surface area contributed by atoms with E-state index in [0.717, 1.165) is 28.7 Å². The highest BCUT2D eigenvalue weighted by Gasteiger charge is 2.57. The van der Waals surface area contributed by atoms with Crippen molar-refractivity contribution in [3.8, 4) is 11.5 Å². The van der Waals surface area contributed by atoms with Gasteiger partial charge in [0.15, 0.2) is 5.78 Å². The van der Waals surface area contributed by atoms with Crippen LogP contribution in [0.5, 0.6) is 11.5 Å². The summed E-state index contributed by atoms with van der Waals surface area (Å²) in [4.78, 5) is 30.5. The molecule has 5 unspecified atom stereocenters. The summed E-state index contributed by atoms with van der Waals surface area (Å²) in [6.45, 7) is 6.47. The predicted octanol–water partition coefficient (Wildman–Crippen LogP) is 8.95. The van der Waals surface area contributed by atoms with Gasteiger partial charge in [-0.1, -0.05) is 91.4 Å². The van der Waals surface area contributed by atoms with Crippen LogP contribution in [0.4, 0.5) is 4.79 Å². The van der Waals surface area contributed by atoms with Crippen molar-refractivity contribution in [3.05, 3.63) is 142 Å². The number of hydrogen-bond acceptors (Lipinski definition) is 6. The Bertz CT molecular complexity index is 1980. The van der Waals surface area contributed by atoms with E-state index < -0.39 is 17.1 Å². The Labute approximate surface area is 326 Å². The number of urea groups is 1. The van der Waals surface area contributed by atoms with Crippen molar-refractivity contribution in [1.29, 1.82) is 0 Å². The number of carbonyl (C=O) groups excluding carboxylic acids is 2. The topological polar surface area (TPSA) is 108 Å². The molecule has 5 atom stereocenters. The lowest BCUT2D eigenvalue weighted by molar-refractivity contribution is -0.0781. The fourth-order valence-corrected chi connectivity index (χ4v) is 8.75. The summed E-state index contributed by atoms with van der Waals surface area (Å²) in [5.41, 5.74) is 3.93. The van der Waals surface area contributed by atoms with E-state index in [1.165, 1.54) is 5.57 Å². The molecule has 4 aromatic carbocycles. The van der Waals surface area contributed by atoms with Crippen LogP contribution in [0.25, 0.3) is 0 Å². The average Bonchev–Trinajstić information content (AvgIpc) is 3.45. The Morgan fingerprint density at radius 3 is 2.36 bits per heavy atom. The van der Waals surface area contributed by atoms with Crippen LogP contribution in [-0.4, -0.2) is 59.4 Å². The number of aliphatic hydroxyl groups is 2. The number of allylic oxidation sites excluding steroid dienone is 2. The Balaban J connectivity index is 1.42. The van der Waals surface area contributed by atoms with Gasteiger partial charge < -0.3 is 29.9 Å². The van der Waals surface area contributed by atoms with E-state index >= 15 is 0 Å². The molecule has 1 saturated carbocycles. The number of carbonyl (C=O) groups is 2. The van der Waals surface area contributed by atoms with Crippen molar-refractivity contribution < 1.29 is 29.3 Å². The van der Waals surface area contributed by atoms with E-state index in [4.69, 9.17) is 9.47 Å². The van der Waals surface area contributed by atoms with Gasteiger partial charge in [-0.15, -0.1) is 0 Å². The van der Waals surface area contributed by atoms with Gasteiger partial charge >= 0.3 is 6.03 Å². The maximum atomic E-state index is 14.5. The molecule has 2 amide bonds. The summed E-state index contributed by atoms with van der Waals surface area (Å²) in [6.07, 6.45) is 5.96. The lowest BCUT2D eigenvalue weighted by atomic mass is 9.64. The minimum absolute atomic E-state index is 0.0669. The van der Waals surface area contributed by atoms with Gasteiger partial charge in [0.1, 0.15) is 11.5 Å². The highest BCUT2D eigenvalue weighted by molar-refractivity contribution is 6.10. The van der Waals surface area contributed by atoms with Crippen LogP contribution < -0.4 is 14.8 Å². The molecule has 7 rings (SSSR count). The van der Waals surface area contributed by atoms with E-state index in [2.05, 4.69) is 25.2 Å². The summed E-state index contributed by atoms with van der Waals surface area (Å²) in [5, 5.41) is 27.4. The fraction of sp³-hybridized carbons (Fsp3) is 0.404. The second-order valence-corrected chi connectivity index (χ2v) is 15.8. The number of nitrogens with one attached hydrogen (secondary N) is 1. The highest BCUT2D eigenvalue weighted by Crippen LogP contribution is 2.59. The predicted molar refractivity (Wildman–Crippen MR) is 217 cm³/mol. The molecule has 4 aromatic rings. The van der Waals surface area contributed by atoms with Crippen molar-refractivity contribution in [2.45, 2.75) is 95.9 Å². The molecule has 1 fully saturated rings. The van der Waals surface area contributed by atoms with E-state index in [1.807, 2.05) is 97.9 Å². The number of nitrogens with zero attached hydrogens (tertiary/aromatic N) is 1. The first-order valence-electron chi connectivity index (χ1n) is 19.5. The van der Waals surface area contributed by atoms with Gasteiger partial charge in [0.25, 0.3) is 0 Å². The molecular formula is C47H56N2O6. The molecule has 3 N–H and O–H groups in total. The van der Waals surface area contributed by atoms with Gasteiger partial charge in [0.05, 0.1) is 45.1 Å². The summed E-state index contributed by atoms with van der Waals surface area (Å²) in [7, 11) is 3.20. The average molecular weight is 745 g/mol. The first-order valence-corrected chi connectivity index (χ1v) is 19.5. The number of fused-ring (bicyclic) bond motifs is 8. The van der Waals surface area contributed by atoms with E-state index in [1.54, 1.807) is 25.2 Å². The van der Waals surface area contributed by atoms with Crippen LogP contribution in [0.1, 0.15) is 109 Å². The largest absolute Gasteiger partial charge is 0.497 e. The molecule has 3 aliphatic carbocycles. The number of aliphatic hydroxyl groups excluding tert-OH is 1. The van der Waals surface area contributed by atoms with Crippen LogP contribution in [0.3, 0.4) is 0 Å². The smallest absolute Gasteiger partial charge is 0.318 e. The summed E-state index contributed by atoms with van der Waals surface area (Å²) < 4.78 is 11.2. The summed E-state index contributed by atoms with van der Waals surface area (Å²) in [5.74, 6) is 0.974. The minimum atomic E-state index is -1.31. The van der Waals surface area contributed by atoms with Crippen LogP contribution >= 0.6 is 0 Å². The van der Waals surface area contributed by atoms with Crippen molar-refractivity contribution >= 4 is 11.8 Å². The lowest BCUT2D eigenvalue weighted by Crippen LogP contribution is -2.55. The third kappa shape index (κ3) is 8.82. The molecule has 0 heterocycles. The first-order chi connectivity index (χ1) is 26.4. The molecule has 290 valence electrons. The molecule has 0 aliphatic heterocycles. The zero-order chi connectivity index (χ0) is 39.2.